The maximum absolute atomic E-state index is 6.16. The van der Waals surface area contributed by atoms with Crippen LogP contribution in [0.2, 0.25) is 0 Å². The number of rotatable bonds is 3. The topological polar surface area (TPSA) is 61.7 Å². The van der Waals surface area contributed by atoms with Crippen LogP contribution in [-0.2, 0) is 20.0 Å². The predicted octanol–water partition coefficient (Wildman–Crippen LogP) is 1.76. The van der Waals surface area contributed by atoms with Crippen molar-refractivity contribution in [3.05, 3.63) is 17.7 Å². The Hall–Kier alpha value is -1.78. The van der Waals surface area contributed by atoms with Gasteiger partial charge >= 0.3 is 0 Å². The van der Waals surface area contributed by atoms with Gasteiger partial charge in [0.1, 0.15) is 17.3 Å². The Morgan fingerprint density at radius 3 is 2.47 bits per heavy atom. The molecule has 0 aromatic carbocycles. The van der Waals surface area contributed by atoms with E-state index in [-0.39, 0.29) is 0 Å². The van der Waals surface area contributed by atoms with E-state index in [0.29, 0.717) is 0 Å². The minimum Gasteiger partial charge on any atom is -0.383 e. The molecule has 0 spiro atoms. The van der Waals surface area contributed by atoms with Crippen LogP contribution in [0.25, 0.3) is 11.3 Å². The minimum absolute atomic E-state index is 0.737. The van der Waals surface area contributed by atoms with Crippen LogP contribution < -0.4 is 5.73 Å². The summed E-state index contributed by atoms with van der Waals surface area (Å²) in [5.41, 5.74) is 9.12. The number of hydrogen-bond donors (Lipinski definition) is 1. The summed E-state index contributed by atoms with van der Waals surface area (Å²) in [7, 11) is 1.92. The van der Waals surface area contributed by atoms with Crippen LogP contribution in [0.5, 0.6) is 0 Å². The number of imidazole rings is 1. The third-order valence-electron chi connectivity index (χ3n) is 3.21. The molecule has 5 nitrogen and oxygen atoms in total. The summed E-state index contributed by atoms with van der Waals surface area (Å²) in [5.74, 6) is 1.77. The maximum Gasteiger partial charge on any atom is 0.131 e. The molecule has 92 valence electrons. The Morgan fingerprint density at radius 2 is 2.06 bits per heavy atom. The zero-order chi connectivity index (χ0) is 12.6. The molecule has 0 aliphatic rings. The smallest absolute Gasteiger partial charge is 0.131 e. The van der Waals surface area contributed by atoms with Crippen molar-refractivity contribution in [3.8, 4) is 11.3 Å². The third-order valence-corrected chi connectivity index (χ3v) is 3.21. The molecule has 2 heterocycles. The van der Waals surface area contributed by atoms with E-state index < -0.39 is 0 Å². The van der Waals surface area contributed by atoms with E-state index in [1.54, 1.807) is 0 Å². The maximum atomic E-state index is 6.16. The molecule has 17 heavy (non-hydrogen) atoms. The lowest BCUT2D eigenvalue weighted by molar-refractivity contribution is 0.713. The average Bonchev–Trinajstić information content (AvgIpc) is 2.81. The molecule has 0 atom stereocenters. The highest BCUT2D eigenvalue weighted by Gasteiger charge is 2.17. The fourth-order valence-corrected chi connectivity index (χ4v) is 2.07. The van der Waals surface area contributed by atoms with Crippen LogP contribution in [0.3, 0.4) is 0 Å². The van der Waals surface area contributed by atoms with Crippen LogP contribution in [0.15, 0.2) is 6.20 Å². The number of nitrogens with two attached hydrogens (primary N) is 1. The summed E-state index contributed by atoms with van der Waals surface area (Å²) in [5, 5.41) is 4.24. The van der Waals surface area contributed by atoms with Gasteiger partial charge in [0.15, 0.2) is 0 Å². The Morgan fingerprint density at radius 1 is 1.35 bits per heavy atom. The van der Waals surface area contributed by atoms with E-state index in [1.807, 2.05) is 24.9 Å². The number of nitrogens with zero attached hydrogens (tertiary/aromatic N) is 4. The van der Waals surface area contributed by atoms with Gasteiger partial charge in [0.05, 0.1) is 6.20 Å². The van der Waals surface area contributed by atoms with Crippen LogP contribution in [-0.4, -0.2) is 19.3 Å². The van der Waals surface area contributed by atoms with Gasteiger partial charge in [0.2, 0.25) is 0 Å². The minimum atomic E-state index is 0.737. The van der Waals surface area contributed by atoms with E-state index in [0.717, 1.165) is 41.6 Å². The summed E-state index contributed by atoms with van der Waals surface area (Å²) in [6.07, 6.45) is 2.71. The van der Waals surface area contributed by atoms with Gasteiger partial charge in [-0.1, -0.05) is 6.92 Å². The normalized spacial score (nSPS) is 11.1. The first-order chi connectivity index (χ1) is 8.10. The zero-order valence-corrected chi connectivity index (χ0v) is 10.9. The van der Waals surface area contributed by atoms with Gasteiger partial charge in [-0.05, 0) is 13.8 Å². The van der Waals surface area contributed by atoms with E-state index in [1.165, 1.54) is 0 Å². The number of aryl methyl sites for hydroxylation is 2. The van der Waals surface area contributed by atoms with Gasteiger partial charge in [-0.2, -0.15) is 5.10 Å². The highest BCUT2D eigenvalue weighted by molar-refractivity contribution is 5.72. The SMILES string of the molecule is CCc1nc(-c2cnn(C)c2C)c(N)n1CC. The summed E-state index contributed by atoms with van der Waals surface area (Å²) < 4.78 is 3.90. The highest BCUT2D eigenvalue weighted by Crippen LogP contribution is 2.28. The molecule has 0 radical (unpaired) electrons. The van der Waals surface area contributed by atoms with Crippen molar-refractivity contribution < 1.29 is 0 Å². The van der Waals surface area contributed by atoms with Crippen molar-refractivity contribution in [2.75, 3.05) is 5.73 Å². The molecule has 2 rings (SSSR count). The summed E-state index contributed by atoms with van der Waals surface area (Å²) in [4.78, 5) is 4.63. The quantitative estimate of drug-likeness (QED) is 0.878. The van der Waals surface area contributed by atoms with E-state index in [4.69, 9.17) is 5.73 Å². The van der Waals surface area contributed by atoms with E-state index in [9.17, 15) is 0 Å². The Balaban J connectivity index is 2.60. The second kappa shape index (κ2) is 4.24. The number of anilines is 1. The largest absolute Gasteiger partial charge is 0.383 e. The van der Waals surface area contributed by atoms with Crippen molar-refractivity contribution >= 4 is 5.82 Å². The molecule has 0 aliphatic carbocycles. The highest BCUT2D eigenvalue weighted by atomic mass is 15.3. The van der Waals surface area contributed by atoms with E-state index in [2.05, 4.69) is 28.5 Å². The van der Waals surface area contributed by atoms with Gasteiger partial charge < -0.3 is 10.3 Å². The van der Waals surface area contributed by atoms with Crippen LogP contribution >= 0.6 is 0 Å². The lowest BCUT2D eigenvalue weighted by Gasteiger charge is -2.04. The molecule has 2 aromatic rings. The van der Waals surface area contributed by atoms with E-state index >= 15 is 0 Å². The first-order valence-electron chi connectivity index (χ1n) is 5.93. The molecule has 0 unspecified atom stereocenters. The van der Waals surface area contributed by atoms with Gasteiger partial charge in [-0.25, -0.2) is 4.98 Å². The lowest BCUT2D eigenvalue weighted by Crippen LogP contribution is -2.04. The molecule has 0 aliphatic heterocycles. The van der Waals surface area contributed by atoms with Crippen molar-refractivity contribution in [2.45, 2.75) is 33.7 Å². The first-order valence-corrected chi connectivity index (χ1v) is 5.93. The van der Waals surface area contributed by atoms with Crippen LogP contribution in [0.4, 0.5) is 5.82 Å². The monoisotopic (exact) mass is 233 g/mol. The molecular weight excluding hydrogens is 214 g/mol. The fourth-order valence-electron chi connectivity index (χ4n) is 2.07. The molecule has 0 bridgehead atoms. The van der Waals surface area contributed by atoms with Gasteiger partial charge in [-0.3, -0.25) is 4.68 Å². The van der Waals surface area contributed by atoms with Crippen molar-refractivity contribution in [2.24, 2.45) is 7.05 Å². The second-order valence-electron chi connectivity index (χ2n) is 4.13. The molecular formula is C12H19N5. The predicted molar refractivity (Wildman–Crippen MR) is 68.6 cm³/mol. The fraction of sp³-hybridized carbons (Fsp3) is 0.500. The van der Waals surface area contributed by atoms with Gasteiger partial charge in [-0.15, -0.1) is 0 Å². The molecule has 0 saturated carbocycles. The molecule has 0 amide bonds. The first kappa shape index (κ1) is 11.7. The zero-order valence-electron chi connectivity index (χ0n) is 10.9. The van der Waals surface area contributed by atoms with Crippen LogP contribution in [0, 0.1) is 6.92 Å². The summed E-state index contributed by atoms with van der Waals surface area (Å²) in [6, 6.07) is 0. The number of hydrogen-bond acceptors (Lipinski definition) is 3. The number of nitrogen functional groups attached to an aromatic ring is 1. The second-order valence-corrected chi connectivity index (χ2v) is 4.13. The Bertz CT molecular complexity index is 535. The average molecular weight is 233 g/mol. The van der Waals surface area contributed by atoms with Crippen molar-refractivity contribution in [1.29, 1.82) is 0 Å². The standard InChI is InChI=1S/C12H19N5/c1-5-10-15-11(12(13)17(10)6-2)9-7-14-16(4)8(9)3/h7H,5-6,13H2,1-4H3. The van der Waals surface area contributed by atoms with Gasteiger partial charge in [0.25, 0.3) is 0 Å². The van der Waals surface area contributed by atoms with Gasteiger partial charge in [0, 0.05) is 31.3 Å². The van der Waals surface area contributed by atoms with Crippen LogP contribution in [0.1, 0.15) is 25.4 Å². The lowest BCUT2D eigenvalue weighted by atomic mass is 10.2. The summed E-state index contributed by atoms with van der Waals surface area (Å²) >= 11 is 0. The third kappa shape index (κ3) is 1.71. The van der Waals surface area contributed by atoms with Crippen molar-refractivity contribution in [1.82, 2.24) is 19.3 Å². The molecule has 0 saturated heterocycles. The molecule has 2 N–H and O–H groups in total. The molecule has 2 aromatic heterocycles. The Kier molecular flexibility index (Phi) is 2.92. The van der Waals surface area contributed by atoms with Crippen molar-refractivity contribution in [3.63, 3.8) is 0 Å². The Labute approximate surface area is 101 Å². The molecule has 0 fully saturated rings. The summed E-state index contributed by atoms with van der Waals surface area (Å²) in [6.45, 7) is 7.05. The molecule has 5 heteroatoms. The number of aromatic nitrogens is 4.